The van der Waals surface area contributed by atoms with E-state index in [9.17, 15) is 34.7 Å². The number of ketones is 1. The Bertz CT molecular complexity index is 1370. The van der Waals surface area contributed by atoms with Gasteiger partial charge in [0.25, 0.3) is 11.6 Å². The highest BCUT2D eigenvalue weighted by molar-refractivity contribution is 5.96. The first-order valence-corrected chi connectivity index (χ1v) is 15.2. The lowest BCUT2D eigenvalue weighted by Crippen LogP contribution is -2.51. The molecular weight excluding hydrogens is 554 g/mol. The second-order valence-electron chi connectivity index (χ2n) is 13.3. The zero-order valence-corrected chi connectivity index (χ0v) is 25.0. The Morgan fingerprint density at radius 1 is 1.14 bits per heavy atom. The van der Waals surface area contributed by atoms with Crippen LogP contribution in [0.25, 0.3) is 0 Å². The van der Waals surface area contributed by atoms with E-state index in [-0.39, 0.29) is 28.0 Å². The number of hydrogen-bond donors (Lipinski definition) is 3. The number of Topliss-reactive ketones (excluding diaryl/α,β-unsaturated/α-hetero) is 1. The molecule has 1 aromatic carbocycles. The van der Waals surface area contributed by atoms with Crippen molar-refractivity contribution in [3.8, 4) is 0 Å². The predicted molar refractivity (Wildman–Crippen MR) is 157 cm³/mol. The second kappa shape index (κ2) is 11.8. The van der Waals surface area contributed by atoms with Gasteiger partial charge in [0.15, 0.2) is 12.6 Å². The highest BCUT2D eigenvalue weighted by atomic mass is 16.6. The fourth-order valence-electron chi connectivity index (χ4n) is 8.99. The first-order chi connectivity index (χ1) is 20.3. The molecule has 8 atom stereocenters. The van der Waals surface area contributed by atoms with Gasteiger partial charge < -0.3 is 20.4 Å². The van der Waals surface area contributed by atoms with Crippen molar-refractivity contribution >= 4 is 29.1 Å². The Hall–Kier alpha value is -3.60. The first kappa shape index (κ1) is 30.8. The third-order valence-corrected chi connectivity index (χ3v) is 11.2. The van der Waals surface area contributed by atoms with Crippen molar-refractivity contribution in [3.05, 3.63) is 51.6 Å². The van der Waals surface area contributed by atoms with Gasteiger partial charge in [-0.05, 0) is 98.5 Å². The number of nitro benzene ring substituents is 1. The van der Waals surface area contributed by atoms with Gasteiger partial charge in [-0.3, -0.25) is 19.7 Å². The van der Waals surface area contributed by atoms with E-state index in [0.717, 1.165) is 56.7 Å². The minimum Gasteiger partial charge on any atom is -0.480 e. The summed E-state index contributed by atoms with van der Waals surface area (Å²) in [5.41, 5.74) is 1.98. The number of carbonyl (C=O) groups is 3. The molecule has 0 radical (unpaired) electrons. The smallest absolute Gasteiger partial charge is 0.329 e. The van der Waals surface area contributed by atoms with Crippen molar-refractivity contribution in [2.45, 2.75) is 84.3 Å². The Morgan fingerprint density at radius 2 is 1.91 bits per heavy atom. The third kappa shape index (κ3) is 5.71. The molecule has 0 aliphatic heterocycles. The standard InChI is InChI=1S/C32H41N3O8/c1-18(36)24-9-10-25-23-8-7-20-16-21(11-13-31(20,2)26(23)12-14-32(24,25)3)34-43-17-27(37)33-28(30(39)40)29(38)19-5-4-6-22(15-19)35(41)42/h4-6,15-16,23-26,28-29,38H,7-14,17H2,1-3H3,(H,33,37)(H,39,40)/b34-21-/t23-,24+,25-,26-,28+,29+,31-,32+/m0/s1. The Morgan fingerprint density at radius 3 is 2.60 bits per heavy atom. The molecule has 3 saturated carbocycles. The van der Waals surface area contributed by atoms with Crippen LogP contribution in [0.1, 0.15) is 83.8 Å². The lowest BCUT2D eigenvalue weighted by atomic mass is 9.46. The van der Waals surface area contributed by atoms with Gasteiger partial charge in [0.05, 0.1) is 10.6 Å². The molecule has 1 aromatic rings. The monoisotopic (exact) mass is 595 g/mol. The molecule has 0 unspecified atom stereocenters. The average Bonchev–Trinajstić information content (AvgIpc) is 3.33. The number of nitro groups is 1. The van der Waals surface area contributed by atoms with E-state index in [1.165, 1.54) is 23.8 Å². The molecule has 232 valence electrons. The summed E-state index contributed by atoms with van der Waals surface area (Å²) in [5, 5.41) is 37.6. The Labute approximate surface area is 250 Å². The van der Waals surface area contributed by atoms with Crippen LogP contribution in [0.3, 0.4) is 0 Å². The number of carboxylic acid groups (broad SMARTS) is 1. The van der Waals surface area contributed by atoms with Crippen molar-refractivity contribution in [2.75, 3.05) is 6.61 Å². The molecule has 11 nitrogen and oxygen atoms in total. The van der Waals surface area contributed by atoms with Crippen LogP contribution in [-0.2, 0) is 19.2 Å². The maximum absolute atomic E-state index is 12.5. The van der Waals surface area contributed by atoms with Crippen molar-refractivity contribution in [2.24, 2.45) is 39.7 Å². The van der Waals surface area contributed by atoms with Crippen LogP contribution in [0.4, 0.5) is 5.69 Å². The van der Waals surface area contributed by atoms with E-state index in [4.69, 9.17) is 4.84 Å². The number of amides is 1. The largest absolute Gasteiger partial charge is 0.480 e. The van der Waals surface area contributed by atoms with E-state index in [1.54, 1.807) is 6.92 Å². The van der Waals surface area contributed by atoms with E-state index in [1.807, 2.05) is 0 Å². The SMILES string of the molecule is CC(=O)[C@H]1CC[C@H]2[C@@H]3CCC4=C/C(=N\OCC(=O)N[C@@H](C(=O)O)[C@H](O)c5cccc([N+](=O)[O-])c5)CC[C@]4(C)[C@H]3CC[C@]12C. The normalized spacial score (nSPS) is 33.7. The molecule has 4 aliphatic rings. The van der Waals surface area contributed by atoms with Crippen LogP contribution < -0.4 is 5.32 Å². The van der Waals surface area contributed by atoms with Crippen LogP contribution in [0.15, 0.2) is 41.1 Å². The number of non-ortho nitro benzene ring substituents is 1. The lowest BCUT2D eigenvalue weighted by molar-refractivity contribution is -0.385. The number of aliphatic hydroxyl groups excluding tert-OH is 1. The molecule has 0 bridgehead atoms. The maximum atomic E-state index is 12.5. The fraction of sp³-hybridized carbons (Fsp3) is 0.625. The van der Waals surface area contributed by atoms with Gasteiger partial charge in [0, 0.05) is 18.1 Å². The van der Waals surface area contributed by atoms with Gasteiger partial charge in [-0.2, -0.15) is 0 Å². The number of nitrogens with one attached hydrogen (secondary N) is 1. The van der Waals surface area contributed by atoms with Crippen LogP contribution in [-0.4, -0.2) is 51.2 Å². The molecule has 3 N–H and O–H groups in total. The van der Waals surface area contributed by atoms with Crippen LogP contribution in [0, 0.1) is 44.6 Å². The number of oxime groups is 1. The van der Waals surface area contributed by atoms with E-state index in [0.29, 0.717) is 30.0 Å². The van der Waals surface area contributed by atoms with Gasteiger partial charge >= 0.3 is 5.97 Å². The Balaban J connectivity index is 1.20. The van der Waals surface area contributed by atoms with Crippen molar-refractivity contribution in [3.63, 3.8) is 0 Å². The minimum absolute atomic E-state index is 0.0103. The van der Waals surface area contributed by atoms with Crippen LogP contribution in [0.2, 0.25) is 0 Å². The molecule has 11 heteroatoms. The lowest BCUT2D eigenvalue weighted by Gasteiger charge is -2.58. The number of carbonyl (C=O) groups excluding carboxylic acids is 2. The zero-order valence-electron chi connectivity index (χ0n) is 25.0. The van der Waals surface area contributed by atoms with Crippen molar-refractivity contribution in [1.82, 2.24) is 5.32 Å². The van der Waals surface area contributed by atoms with Gasteiger partial charge in [0.2, 0.25) is 0 Å². The third-order valence-electron chi connectivity index (χ3n) is 11.2. The molecular formula is C32H41N3O8. The fourth-order valence-corrected chi connectivity index (χ4v) is 8.99. The van der Waals surface area contributed by atoms with Gasteiger partial charge in [-0.25, -0.2) is 4.79 Å². The number of nitrogens with zero attached hydrogens (tertiary/aromatic N) is 2. The summed E-state index contributed by atoms with van der Waals surface area (Å²) < 4.78 is 0. The second-order valence-corrected chi connectivity index (χ2v) is 13.3. The molecule has 3 fully saturated rings. The molecule has 0 heterocycles. The number of allylic oxidation sites excluding steroid dienone is 2. The first-order valence-electron chi connectivity index (χ1n) is 15.2. The van der Waals surface area contributed by atoms with Crippen molar-refractivity contribution < 1.29 is 34.4 Å². The number of aliphatic hydroxyl groups is 1. The van der Waals surface area contributed by atoms with E-state index in [2.05, 4.69) is 30.4 Å². The predicted octanol–water partition coefficient (Wildman–Crippen LogP) is 4.74. The summed E-state index contributed by atoms with van der Waals surface area (Å²) in [7, 11) is 0. The number of carboxylic acids is 1. The number of rotatable bonds is 9. The van der Waals surface area contributed by atoms with E-state index >= 15 is 0 Å². The summed E-state index contributed by atoms with van der Waals surface area (Å²) in [6.07, 6.45) is 8.50. The van der Waals surface area contributed by atoms with Crippen LogP contribution in [0.5, 0.6) is 0 Å². The average molecular weight is 596 g/mol. The summed E-state index contributed by atoms with van der Waals surface area (Å²) in [4.78, 5) is 52.4. The molecule has 0 saturated heterocycles. The van der Waals surface area contributed by atoms with Crippen LogP contribution >= 0.6 is 0 Å². The number of benzene rings is 1. The molecule has 0 spiro atoms. The number of fused-ring (bicyclic) bond motifs is 5. The number of hydrogen-bond acceptors (Lipinski definition) is 8. The summed E-state index contributed by atoms with van der Waals surface area (Å²) in [6.45, 7) is 5.94. The highest BCUT2D eigenvalue weighted by Gasteiger charge is 2.59. The molecule has 5 rings (SSSR count). The minimum atomic E-state index is -1.73. The summed E-state index contributed by atoms with van der Waals surface area (Å²) in [5.74, 6) is 0.0504. The highest BCUT2D eigenvalue weighted by Crippen LogP contribution is 2.66. The zero-order chi connectivity index (χ0) is 31.1. The molecule has 1 amide bonds. The van der Waals surface area contributed by atoms with Gasteiger partial charge in [-0.1, -0.05) is 36.7 Å². The van der Waals surface area contributed by atoms with E-state index < -0.39 is 35.6 Å². The molecule has 43 heavy (non-hydrogen) atoms. The summed E-state index contributed by atoms with van der Waals surface area (Å²) in [6, 6.07) is 3.23. The molecule has 0 aromatic heterocycles. The van der Waals surface area contributed by atoms with Gasteiger partial charge in [-0.15, -0.1) is 0 Å². The quantitative estimate of drug-likeness (QED) is 0.272. The molecule has 4 aliphatic carbocycles. The Kier molecular flexibility index (Phi) is 8.48. The van der Waals surface area contributed by atoms with Crippen molar-refractivity contribution in [1.29, 1.82) is 0 Å². The summed E-state index contributed by atoms with van der Waals surface area (Å²) >= 11 is 0. The number of aliphatic carboxylic acids is 1. The topological polar surface area (TPSA) is 168 Å². The maximum Gasteiger partial charge on any atom is 0.329 e. The van der Waals surface area contributed by atoms with Gasteiger partial charge in [0.1, 0.15) is 11.9 Å².